The fraction of sp³-hybridized carbons (Fsp3) is 0.321. The number of fused-ring (bicyclic) bond motifs is 1. The minimum absolute atomic E-state index is 0.255. The molecule has 0 saturated carbocycles. The van der Waals surface area contributed by atoms with E-state index < -0.39 is 6.03 Å². The molecular weight excluding hydrogens is 590 g/mol. The van der Waals surface area contributed by atoms with Crippen LogP contribution in [0.3, 0.4) is 0 Å². The van der Waals surface area contributed by atoms with Crippen LogP contribution in [0.5, 0.6) is 0 Å². The van der Waals surface area contributed by atoms with Gasteiger partial charge in [0.2, 0.25) is 0 Å². The lowest BCUT2D eigenvalue weighted by Gasteiger charge is -2.34. The van der Waals surface area contributed by atoms with Crippen LogP contribution in [0.25, 0.3) is 16.6 Å². The Morgan fingerprint density at radius 2 is 1.83 bits per heavy atom. The normalized spacial score (nSPS) is 13.9. The van der Waals surface area contributed by atoms with Crippen molar-refractivity contribution in [2.24, 2.45) is 5.92 Å². The van der Waals surface area contributed by atoms with Crippen LogP contribution < -0.4 is 16.4 Å². The number of piperazine rings is 1. The van der Waals surface area contributed by atoms with Crippen LogP contribution in [-0.2, 0) is 11.3 Å². The van der Waals surface area contributed by atoms with Gasteiger partial charge in [-0.25, -0.2) is 24.1 Å². The third kappa shape index (κ3) is 6.92. The third-order valence-electron chi connectivity index (χ3n) is 6.62. The molecule has 1 saturated heterocycles. The molecule has 1 aliphatic rings. The fourth-order valence-electron chi connectivity index (χ4n) is 4.60. The quantitative estimate of drug-likeness (QED) is 0.252. The van der Waals surface area contributed by atoms with E-state index in [-0.39, 0.29) is 6.09 Å². The van der Waals surface area contributed by atoms with Crippen LogP contribution >= 0.6 is 15.9 Å². The Balaban J connectivity index is 1.27. The molecule has 5 rings (SSSR count). The molecule has 0 unspecified atom stereocenters. The Kier molecular flexibility index (Phi) is 8.64. The predicted octanol–water partition coefficient (Wildman–Crippen LogP) is 4.69. The highest BCUT2D eigenvalue weighted by atomic mass is 79.9. The summed E-state index contributed by atoms with van der Waals surface area (Å²) in [5, 5.41) is 10.0. The number of benzene rings is 1. The van der Waals surface area contributed by atoms with Crippen LogP contribution in [0.1, 0.15) is 19.5 Å². The summed E-state index contributed by atoms with van der Waals surface area (Å²) in [6, 6.07) is 14.4. The number of hydrogen-bond acceptors (Lipinski definition) is 8. The van der Waals surface area contributed by atoms with Gasteiger partial charge in [-0.2, -0.15) is 5.10 Å². The lowest BCUT2D eigenvalue weighted by atomic mass is 10.1. The first-order valence-electron chi connectivity index (χ1n) is 13.3. The molecule has 4 N–H and O–H groups in total. The second kappa shape index (κ2) is 12.5. The van der Waals surface area contributed by atoms with E-state index in [1.807, 2.05) is 42.6 Å². The van der Waals surface area contributed by atoms with Crippen LogP contribution in [0, 0.1) is 5.92 Å². The maximum atomic E-state index is 12.4. The second-order valence-electron chi connectivity index (χ2n) is 10.2. The summed E-state index contributed by atoms with van der Waals surface area (Å²) >= 11 is 3.29. The number of carbonyl (C=O) groups is 2. The van der Waals surface area contributed by atoms with Crippen LogP contribution in [0.4, 0.5) is 26.9 Å². The van der Waals surface area contributed by atoms with Crippen LogP contribution in [0.15, 0.2) is 59.5 Å². The molecule has 12 nitrogen and oxygen atoms in total. The summed E-state index contributed by atoms with van der Waals surface area (Å²) in [6.45, 7) is 7.74. The number of nitrogens with one attached hydrogen (secondary N) is 2. The third-order valence-corrected chi connectivity index (χ3v) is 7.06. The van der Waals surface area contributed by atoms with Gasteiger partial charge >= 0.3 is 12.1 Å². The van der Waals surface area contributed by atoms with Gasteiger partial charge in [0, 0.05) is 44.0 Å². The number of halogens is 1. The van der Waals surface area contributed by atoms with Gasteiger partial charge in [-0.3, -0.25) is 10.2 Å². The molecule has 4 aromatic rings. The van der Waals surface area contributed by atoms with Crippen LogP contribution in [0.2, 0.25) is 0 Å². The zero-order chi connectivity index (χ0) is 28.9. The van der Waals surface area contributed by atoms with E-state index in [0.29, 0.717) is 54.1 Å². The molecule has 41 heavy (non-hydrogen) atoms. The first kappa shape index (κ1) is 28.3. The van der Waals surface area contributed by atoms with Gasteiger partial charge in [-0.05, 0) is 57.7 Å². The van der Waals surface area contributed by atoms with Crippen molar-refractivity contribution in [1.29, 1.82) is 0 Å². The molecule has 0 aliphatic carbocycles. The lowest BCUT2D eigenvalue weighted by Crippen LogP contribution is -2.48. The number of ether oxygens (including phenoxy) is 1. The van der Waals surface area contributed by atoms with Crippen molar-refractivity contribution in [2.45, 2.75) is 20.4 Å². The number of anilines is 3. The van der Waals surface area contributed by atoms with Crippen molar-refractivity contribution in [3.05, 3.63) is 65.2 Å². The summed E-state index contributed by atoms with van der Waals surface area (Å²) in [5.41, 5.74) is 10.4. The zero-order valence-electron chi connectivity index (χ0n) is 22.9. The molecule has 0 radical (unpaired) electrons. The first-order valence-corrected chi connectivity index (χ1v) is 14.1. The van der Waals surface area contributed by atoms with Gasteiger partial charge in [0.05, 0.1) is 12.3 Å². The van der Waals surface area contributed by atoms with Gasteiger partial charge in [-0.15, -0.1) is 0 Å². The van der Waals surface area contributed by atoms with E-state index in [9.17, 15) is 9.59 Å². The summed E-state index contributed by atoms with van der Waals surface area (Å²) in [5.74, 6) is 1.12. The molecule has 0 spiro atoms. The number of nitrogens with zero attached hydrogens (tertiary/aromatic N) is 6. The smallest absolute Gasteiger partial charge is 0.409 e. The number of urea groups is 1. The van der Waals surface area contributed by atoms with Crippen molar-refractivity contribution in [3.8, 4) is 11.1 Å². The molecule has 13 heteroatoms. The molecular formula is C28H32BrN9O3. The van der Waals surface area contributed by atoms with Crippen LogP contribution in [-0.4, -0.2) is 74.3 Å². The Bertz CT molecular complexity index is 1530. The van der Waals surface area contributed by atoms with Crippen molar-refractivity contribution in [2.75, 3.05) is 49.2 Å². The number of amides is 3. The van der Waals surface area contributed by atoms with Gasteiger partial charge in [0.25, 0.3) is 0 Å². The maximum absolute atomic E-state index is 12.4. The van der Waals surface area contributed by atoms with Crippen molar-refractivity contribution < 1.29 is 14.3 Å². The Labute approximate surface area is 246 Å². The number of nitrogens with two attached hydrogens (primary N) is 1. The summed E-state index contributed by atoms with van der Waals surface area (Å²) < 4.78 is 7.84. The minimum atomic E-state index is -0.397. The highest BCUT2D eigenvalue weighted by molar-refractivity contribution is 9.10. The first-order chi connectivity index (χ1) is 19.8. The van der Waals surface area contributed by atoms with Crippen molar-refractivity contribution in [1.82, 2.24) is 29.4 Å². The van der Waals surface area contributed by atoms with E-state index in [4.69, 9.17) is 10.5 Å². The Hall–Kier alpha value is -4.23. The number of rotatable bonds is 7. The maximum Gasteiger partial charge on any atom is 0.409 e. The summed E-state index contributed by atoms with van der Waals surface area (Å²) in [7, 11) is 0. The Morgan fingerprint density at radius 1 is 1.07 bits per heavy atom. The average Bonchev–Trinajstić information content (AvgIpc) is 3.32. The number of aromatic nitrogens is 4. The van der Waals surface area contributed by atoms with Gasteiger partial charge in [0.1, 0.15) is 22.3 Å². The van der Waals surface area contributed by atoms with E-state index >= 15 is 0 Å². The molecule has 1 fully saturated rings. The predicted molar refractivity (Wildman–Crippen MR) is 160 cm³/mol. The summed E-state index contributed by atoms with van der Waals surface area (Å²) in [6.07, 6.45) is 1.19. The highest BCUT2D eigenvalue weighted by Gasteiger charge is 2.24. The van der Waals surface area contributed by atoms with Gasteiger partial charge in [-0.1, -0.05) is 32.0 Å². The average molecular weight is 623 g/mol. The minimum Gasteiger partial charge on any atom is -0.449 e. The largest absolute Gasteiger partial charge is 0.449 e. The SMILES string of the molecule is CC(C)COC(=O)N1CCN(Cc2cc(-c3ccc(NC(=O)Nc4cccc(Br)n4)cc3)c3c(N)ncnn23)CC1. The highest BCUT2D eigenvalue weighted by Crippen LogP contribution is 2.31. The molecule has 4 heterocycles. The number of hydrogen-bond donors (Lipinski definition) is 3. The number of nitrogen functional groups attached to an aromatic ring is 1. The standard InChI is InChI=1S/C28H32BrN9O3/c1-18(2)16-41-28(40)37-12-10-36(11-13-37)15-21-14-22(25-26(30)31-17-32-38(21)25)19-6-8-20(9-7-19)33-27(39)35-24-5-3-4-23(29)34-24/h3-9,14,17-18H,10-13,15-16H2,1-2H3,(H2,30,31,32)(H2,33,34,35,39). The van der Waals surface area contributed by atoms with Crippen molar-refractivity contribution >= 4 is 50.9 Å². The van der Waals surface area contributed by atoms with E-state index in [2.05, 4.69) is 52.6 Å². The molecule has 0 atom stereocenters. The number of carbonyl (C=O) groups excluding carboxylic acids is 2. The van der Waals surface area contributed by atoms with Crippen molar-refractivity contribution in [3.63, 3.8) is 0 Å². The molecule has 3 amide bonds. The fourth-order valence-corrected chi connectivity index (χ4v) is 4.95. The van der Waals surface area contributed by atoms with E-state index in [1.54, 1.807) is 23.1 Å². The topological polar surface area (TPSA) is 143 Å². The number of pyridine rings is 1. The lowest BCUT2D eigenvalue weighted by molar-refractivity contribution is 0.0672. The molecule has 1 aromatic carbocycles. The van der Waals surface area contributed by atoms with Gasteiger partial charge < -0.3 is 20.7 Å². The second-order valence-corrected chi connectivity index (χ2v) is 11.0. The zero-order valence-corrected chi connectivity index (χ0v) is 24.5. The van der Waals surface area contributed by atoms with Gasteiger partial charge in [0.15, 0.2) is 5.82 Å². The monoisotopic (exact) mass is 621 g/mol. The van der Waals surface area contributed by atoms with E-state index in [0.717, 1.165) is 35.4 Å². The molecule has 214 valence electrons. The molecule has 1 aliphatic heterocycles. The van der Waals surface area contributed by atoms with E-state index in [1.165, 1.54) is 6.33 Å². The summed E-state index contributed by atoms with van der Waals surface area (Å²) in [4.78, 5) is 37.2. The Morgan fingerprint density at radius 3 is 2.54 bits per heavy atom. The molecule has 0 bridgehead atoms. The molecule has 3 aromatic heterocycles.